The molecule has 32 heavy (non-hydrogen) atoms. The molecule has 0 spiro atoms. The van der Waals surface area contributed by atoms with Crippen molar-refractivity contribution in [1.82, 2.24) is 10.6 Å². The molecule has 4 bridgehead atoms. The molecule has 2 aromatic carbocycles. The Morgan fingerprint density at radius 3 is 2.25 bits per heavy atom. The molecule has 168 valence electrons. The van der Waals surface area contributed by atoms with E-state index in [-0.39, 0.29) is 17.0 Å². The summed E-state index contributed by atoms with van der Waals surface area (Å²) in [5, 5.41) is 6.25. The van der Waals surface area contributed by atoms with E-state index in [1.165, 1.54) is 37.5 Å². The van der Waals surface area contributed by atoms with Crippen LogP contribution in [-0.2, 0) is 14.9 Å². The van der Waals surface area contributed by atoms with Crippen molar-refractivity contribution in [1.29, 1.82) is 0 Å². The van der Waals surface area contributed by atoms with Crippen LogP contribution in [0.25, 0.3) is 0 Å². The maximum absolute atomic E-state index is 13.2. The standard InChI is InChI=1S/C27H32N2O3/c1-18-8-10-22(11-9-18)26-13-19-12-20(14-26)16-27(15-19,17-26)29-25(31)28-23(24(30)32-2)21-6-4-3-5-7-21/h3-11,19-20,23H,12-17H2,1-2H3,(H2,28,29,31). The van der Waals surface area contributed by atoms with E-state index in [2.05, 4.69) is 41.8 Å². The highest BCUT2D eigenvalue weighted by atomic mass is 16.5. The Balaban J connectivity index is 1.37. The number of benzene rings is 2. The summed E-state index contributed by atoms with van der Waals surface area (Å²) in [4.78, 5) is 25.6. The molecule has 4 aliphatic carbocycles. The molecule has 6 rings (SSSR count). The summed E-state index contributed by atoms with van der Waals surface area (Å²) < 4.78 is 4.96. The second-order valence-electron chi connectivity index (χ2n) is 10.4. The van der Waals surface area contributed by atoms with Gasteiger partial charge in [0.2, 0.25) is 0 Å². The molecule has 3 atom stereocenters. The van der Waals surface area contributed by atoms with Gasteiger partial charge in [-0.05, 0) is 73.8 Å². The van der Waals surface area contributed by atoms with Gasteiger partial charge in [-0.15, -0.1) is 0 Å². The van der Waals surface area contributed by atoms with Crippen molar-refractivity contribution in [3.63, 3.8) is 0 Å². The van der Waals surface area contributed by atoms with Crippen LogP contribution >= 0.6 is 0 Å². The molecule has 0 aromatic heterocycles. The van der Waals surface area contributed by atoms with Crippen molar-refractivity contribution in [3.8, 4) is 0 Å². The van der Waals surface area contributed by atoms with Gasteiger partial charge in [-0.1, -0.05) is 60.2 Å². The van der Waals surface area contributed by atoms with Crippen LogP contribution in [0.15, 0.2) is 54.6 Å². The van der Waals surface area contributed by atoms with E-state index < -0.39 is 12.0 Å². The molecule has 0 saturated heterocycles. The van der Waals surface area contributed by atoms with Gasteiger partial charge >= 0.3 is 12.0 Å². The molecule has 0 aliphatic heterocycles. The highest BCUT2D eigenvalue weighted by Gasteiger charge is 2.58. The number of hydrogen-bond acceptors (Lipinski definition) is 3. The Labute approximate surface area is 189 Å². The summed E-state index contributed by atoms with van der Waals surface area (Å²) >= 11 is 0. The number of carbonyl (C=O) groups excluding carboxylic acids is 2. The van der Waals surface area contributed by atoms with Crippen molar-refractivity contribution < 1.29 is 14.3 Å². The fourth-order valence-electron chi connectivity index (χ4n) is 7.10. The summed E-state index contributed by atoms with van der Waals surface area (Å²) in [5.74, 6) is 0.819. The highest BCUT2D eigenvalue weighted by molar-refractivity contribution is 5.85. The molecule has 2 amide bonds. The Bertz CT molecular complexity index is 987. The number of nitrogens with one attached hydrogen (secondary N) is 2. The normalized spacial score (nSPS) is 31.1. The van der Waals surface area contributed by atoms with E-state index in [9.17, 15) is 9.59 Å². The van der Waals surface area contributed by atoms with Crippen LogP contribution in [0.4, 0.5) is 4.79 Å². The van der Waals surface area contributed by atoms with E-state index in [1.807, 2.05) is 30.3 Å². The Kier molecular flexibility index (Phi) is 5.23. The average molecular weight is 433 g/mol. The van der Waals surface area contributed by atoms with E-state index in [1.54, 1.807) is 0 Å². The maximum atomic E-state index is 13.2. The maximum Gasteiger partial charge on any atom is 0.333 e. The number of amides is 2. The predicted octanol–water partition coefficient (Wildman–Crippen LogP) is 4.80. The van der Waals surface area contributed by atoms with Crippen LogP contribution in [0.1, 0.15) is 61.3 Å². The molecule has 4 saturated carbocycles. The average Bonchev–Trinajstić information content (AvgIpc) is 2.76. The lowest BCUT2D eigenvalue weighted by Crippen LogP contribution is -2.65. The topological polar surface area (TPSA) is 67.4 Å². The summed E-state index contributed by atoms with van der Waals surface area (Å²) in [7, 11) is 1.35. The quantitative estimate of drug-likeness (QED) is 0.667. The summed E-state index contributed by atoms with van der Waals surface area (Å²) in [5.41, 5.74) is 3.35. The molecular formula is C27H32N2O3. The molecule has 3 unspecified atom stereocenters. The Hall–Kier alpha value is -2.82. The van der Waals surface area contributed by atoms with Crippen LogP contribution in [0.3, 0.4) is 0 Å². The zero-order valence-electron chi connectivity index (χ0n) is 18.9. The van der Waals surface area contributed by atoms with Gasteiger partial charge < -0.3 is 15.4 Å². The van der Waals surface area contributed by atoms with E-state index >= 15 is 0 Å². The van der Waals surface area contributed by atoms with Crippen molar-refractivity contribution in [2.75, 3.05) is 7.11 Å². The lowest BCUT2D eigenvalue weighted by atomic mass is 9.45. The first-order valence-corrected chi connectivity index (χ1v) is 11.7. The van der Waals surface area contributed by atoms with Crippen molar-refractivity contribution in [2.24, 2.45) is 11.8 Å². The summed E-state index contributed by atoms with van der Waals surface area (Å²) in [6.45, 7) is 2.13. The third-order valence-electron chi connectivity index (χ3n) is 7.95. The van der Waals surface area contributed by atoms with Crippen LogP contribution in [0.2, 0.25) is 0 Å². The van der Waals surface area contributed by atoms with Gasteiger partial charge in [0.1, 0.15) is 0 Å². The van der Waals surface area contributed by atoms with Gasteiger partial charge in [-0.3, -0.25) is 0 Å². The third kappa shape index (κ3) is 3.78. The van der Waals surface area contributed by atoms with Gasteiger partial charge in [0.25, 0.3) is 0 Å². The van der Waals surface area contributed by atoms with E-state index in [4.69, 9.17) is 4.74 Å². The number of esters is 1. The van der Waals surface area contributed by atoms with Crippen LogP contribution in [-0.4, -0.2) is 24.6 Å². The second-order valence-corrected chi connectivity index (χ2v) is 10.4. The first-order valence-electron chi connectivity index (χ1n) is 11.7. The van der Waals surface area contributed by atoms with Gasteiger partial charge in [0, 0.05) is 5.54 Å². The largest absolute Gasteiger partial charge is 0.467 e. The SMILES string of the molecule is COC(=O)C(NC(=O)NC12CC3CC(C1)CC(c1ccc(C)cc1)(C3)C2)c1ccccc1. The fourth-order valence-corrected chi connectivity index (χ4v) is 7.10. The molecule has 2 N–H and O–H groups in total. The van der Waals surface area contributed by atoms with Crippen LogP contribution in [0.5, 0.6) is 0 Å². The first-order chi connectivity index (χ1) is 15.4. The molecule has 4 fully saturated rings. The lowest BCUT2D eigenvalue weighted by molar-refractivity contribution is -0.143. The number of ether oxygens (including phenoxy) is 1. The Morgan fingerprint density at radius 1 is 0.969 bits per heavy atom. The lowest BCUT2D eigenvalue weighted by Gasteiger charge is -2.62. The zero-order chi connectivity index (χ0) is 22.3. The summed E-state index contributed by atoms with van der Waals surface area (Å²) in [6.07, 6.45) is 6.72. The van der Waals surface area contributed by atoms with Crippen molar-refractivity contribution in [3.05, 3.63) is 71.3 Å². The van der Waals surface area contributed by atoms with Gasteiger partial charge in [0.05, 0.1) is 7.11 Å². The smallest absolute Gasteiger partial charge is 0.333 e. The zero-order valence-corrected chi connectivity index (χ0v) is 18.9. The molecule has 5 nitrogen and oxygen atoms in total. The number of rotatable bonds is 5. The van der Waals surface area contributed by atoms with Crippen LogP contribution in [0, 0.1) is 18.8 Å². The first kappa shape index (κ1) is 21.0. The highest BCUT2D eigenvalue weighted by Crippen LogP contribution is 2.62. The molecule has 5 heteroatoms. The van der Waals surface area contributed by atoms with E-state index in [0.29, 0.717) is 11.8 Å². The summed E-state index contributed by atoms with van der Waals surface area (Å²) in [6, 6.07) is 17.2. The van der Waals surface area contributed by atoms with Crippen molar-refractivity contribution >= 4 is 12.0 Å². The van der Waals surface area contributed by atoms with Crippen molar-refractivity contribution in [2.45, 2.75) is 62.4 Å². The number of methoxy groups -OCH3 is 1. The minimum atomic E-state index is -0.818. The monoisotopic (exact) mass is 432 g/mol. The van der Waals surface area contributed by atoms with Gasteiger partial charge in [-0.25, -0.2) is 9.59 Å². The second kappa shape index (κ2) is 7.95. The molecule has 2 aromatic rings. The number of urea groups is 1. The van der Waals surface area contributed by atoms with Gasteiger partial charge in [-0.2, -0.15) is 0 Å². The van der Waals surface area contributed by atoms with Crippen LogP contribution < -0.4 is 10.6 Å². The predicted molar refractivity (Wildman–Crippen MR) is 123 cm³/mol. The molecular weight excluding hydrogens is 400 g/mol. The van der Waals surface area contributed by atoms with E-state index in [0.717, 1.165) is 24.8 Å². The molecule has 0 radical (unpaired) electrons. The van der Waals surface area contributed by atoms with Gasteiger partial charge in [0.15, 0.2) is 6.04 Å². The number of carbonyl (C=O) groups is 2. The third-order valence-corrected chi connectivity index (χ3v) is 7.95. The number of hydrogen-bond donors (Lipinski definition) is 2. The Morgan fingerprint density at radius 2 is 1.62 bits per heavy atom. The minimum Gasteiger partial charge on any atom is -0.467 e. The molecule has 0 heterocycles. The minimum absolute atomic E-state index is 0.145. The fraction of sp³-hybridized carbons (Fsp3) is 0.481. The molecule has 4 aliphatic rings. The number of aryl methyl sites for hydroxylation is 1.